The average Bonchev–Trinajstić information content (AvgIpc) is 2.55. The molecule has 0 bridgehead atoms. The van der Waals surface area contributed by atoms with Crippen LogP contribution in [0.1, 0.15) is 56.8 Å². The van der Waals surface area contributed by atoms with Crippen molar-refractivity contribution in [3.05, 3.63) is 23.8 Å². The summed E-state index contributed by atoms with van der Waals surface area (Å²) in [6, 6.07) is 6.66. The molecule has 0 aliphatic carbocycles. The number of nitrogens with zero attached hydrogens (tertiary/aromatic N) is 1. The van der Waals surface area contributed by atoms with Crippen molar-refractivity contribution in [3.8, 4) is 11.5 Å². The van der Waals surface area contributed by atoms with E-state index >= 15 is 0 Å². The monoisotopic (exact) mass is 319 g/mol. The highest BCUT2D eigenvalue weighted by molar-refractivity contribution is 5.76. The molecule has 128 valence electrons. The van der Waals surface area contributed by atoms with Crippen molar-refractivity contribution >= 4 is 6.29 Å². The molecule has 0 aromatic heterocycles. The van der Waals surface area contributed by atoms with Crippen molar-refractivity contribution in [2.75, 3.05) is 19.8 Å². The molecule has 1 fully saturated rings. The molecule has 2 rings (SSSR count). The number of likely N-dealkylation sites (tertiary alicyclic amines) is 1. The highest BCUT2D eigenvalue weighted by atomic mass is 16.5. The Bertz CT molecular complexity index is 493. The number of piperidine rings is 1. The van der Waals surface area contributed by atoms with E-state index in [1.54, 1.807) is 12.1 Å². The van der Waals surface area contributed by atoms with Gasteiger partial charge >= 0.3 is 0 Å². The highest BCUT2D eigenvalue weighted by Crippen LogP contribution is 2.28. The molecule has 23 heavy (non-hydrogen) atoms. The lowest BCUT2D eigenvalue weighted by Crippen LogP contribution is -2.44. The third-order valence-electron chi connectivity index (χ3n) is 4.60. The Balaban J connectivity index is 1.84. The van der Waals surface area contributed by atoms with Crippen LogP contribution in [0.3, 0.4) is 0 Å². The van der Waals surface area contributed by atoms with Gasteiger partial charge in [-0.15, -0.1) is 0 Å². The van der Waals surface area contributed by atoms with Crippen molar-refractivity contribution < 1.29 is 14.3 Å². The van der Waals surface area contributed by atoms with Gasteiger partial charge in [0.2, 0.25) is 0 Å². The van der Waals surface area contributed by atoms with Crippen LogP contribution in [0.5, 0.6) is 11.5 Å². The quantitative estimate of drug-likeness (QED) is 0.537. The van der Waals surface area contributed by atoms with Crippen LogP contribution < -0.4 is 9.47 Å². The zero-order valence-electron chi connectivity index (χ0n) is 14.6. The van der Waals surface area contributed by atoms with E-state index in [2.05, 4.69) is 18.7 Å². The molecule has 0 saturated carbocycles. The molecule has 1 heterocycles. The number of carbonyl (C=O) groups is 1. The number of hydrogen-bond donors (Lipinski definition) is 0. The molecule has 4 nitrogen and oxygen atoms in total. The summed E-state index contributed by atoms with van der Waals surface area (Å²) in [7, 11) is 0. The zero-order valence-corrected chi connectivity index (χ0v) is 14.6. The normalized spacial score (nSPS) is 21.9. The lowest BCUT2D eigenvalue weighted by molar-refractivity contribution is 0.0958. The van der Waals surface area contributed by atoms with E-state index in [0.717, 1.165) is 25.0 Å². The third kappa shape index (κ3) is 4.96. The first-order chi connectivity index (χ1) is 11.2. The second-order valence-corrected chi connectivity index (χ2v) is 6.33. The first kappa shape index (κ1) is 17.8. The van der Waals surface area contributed by atoms with Crippen molar-refractivity contribution in [1.82, 2.24) is 4.90 Å². The molecule has 1 saturated heterocycles. The summed E-state index contributed by atoms with van der Waals surface area (Å²) in [5, 5.41) is 0. The van der Waals surface area contributed by atoms with Crippen LogP contribution in [0.4, 0.5) is 0 Å². The summed E-state index contributed by atoms with van der Waals surface area (Å²) in [6.45, 7) is 8.86. The van der Waals surface area contributed by atoms with Gasteiger partial charge in [0.25, 0.3) is 0 Å². The predicted octanol–water partition coefficient (Wildman–Crippen LogP) is 3.93. The fraction of sp³-hybridized carbons (Fsp3) is 0.632. The summed E-state index contributed by atoms with van der Waals surface area (Å²) in [6.07, 6.45) is 5.76. The Hall–Kier alpha value is -1.55. The fourth-order valence-corrected chi connectivity index (χ4v) is 3.33. The second kappa shape index (κ2) is 8.92. The molecule has 0 amide bonds. The van der Waals surface area contributed by atoms with E-state index in [9.17, 15) is 4.79 Å². The summed E-state index contributed by atoms with van der Waals surface area (Å²) in [5.41, 5.74) is 0.608. The lowest BCUT2D eigenvalue weighted by atomic mass is 9.97. The average molecular weight is 319 g/mol. The molecule has 0 unspecified atom stereocenters. The van der Waals surface area contributed by atoms with Crippen molar-refractivity contribution in [2.24, 2.45) is 0 Å². The number of rotatable bonds is 8. The molecule has 0 spiro atoms. The third-order valence-corrected chi connectivity index (χ3v) is 4.60. The van der Waals surface area contributed by atoms with Crippen LogP contribution in [0.2, 0.25) is 0 Å². The van der Waals surface area contributed by atoms with Gasteiger partial charge in [-0.05, 0) is 58.2 Å². The largest absolute Gasteiger partial charge is 0.490 e. The summed E-state index contributed by atoms with van der Waals surface area (Å²) >= 11 is 0. The minimum absolute atomic E-state index is 0.557. The van der Waals surface area contributed by atoms with Crippen LogP contribution >= 0.6 is 0 Å². The van der Waals surface area contributed by atoms with Crippen LogP contribution in [0.15, 0.2) is 18.2 Å². The second-order valence-electron chi connectivity index (χ2n) is 6.33. The molecule has 1 aliphatic heterocycles. The van der Waals surface area contributed by atoms with Crippen LogP contribution in [-0.2, 0) is 0 Å². The van der Waals surface area contributed by atoms with Gasteiger partial charge in [0.15, 0.2) is 11.5 Å². The van der Waals surface area contributed by atoms with E-state index in [1.165, 1.54) is 19.3 Å². The van der Waals surface area contributed by atoms with Gasteiger partial charge in [-0.1, -0.05) is 6.42 Å². The van der Waals surface area contributed by atoms with Gasteiger partial charge in [-0.2, -0.15) is 0 Å². The fourth-order valence-electron chi connectivity index (χ4n) is 3.33. The lowest BCUT2D eigenvalue weighted by Gasteiger charge is -2.39. The van der Waals surface area contributed by atoms with Gasteiger partial charge in [-0.3, -0.25) is 9.69 Å². The molecule has 4 heteroatoms. The van der Waals surface area contributed by atoms with Gasteiger partial charge in [0.1, 0.15) is 6.29 Å². The summed E-state index contributed by atoms with van der Waals surface area (Å²) in [5.74, 6) is 1.37. The Morgan fingerprint density at radius 1 is 1.17 bits per heavy atom. The van der Waals surface area contributed by atoms with Crippen molar-refractivity contribution in [1.29, 1.82) is 0 Å². The SMILES string of the molecule is CCOc1cc(C=O)ccc1OCCCN1[C@@H](C)CCC[C@@H]1C. The molecule has 1 aliphatic rings. The molecular weight excluding hydrogens is 290 g/mol. The molecule has 1 aromatic carbocycles. The molecular formula is C19H29NO3. The highest BCUT2D eigenvalue weighted by Gasteiger charge is 2.23. The van der Waals surface area contributed by atoms with Crippen molar-refractivity contribution in [2.45, 2.75) is 58.5 Å². The topological polar surface area (TPSA) is 38.8 Å². The predicted molar refractivity (Wildman–Crippen MR) is 92.6 cm³/mol. The van der Waals surface area contributed by atoms with E-state index < -0.39 is 0 Å². The number of hydrogen-bond acceptors (Lipinski definition) is 4. The Morgan fingerprint density at radius 2 is 1.91 bits per heavy atom. The van der Waals surface area contributed by atoms with Crippen LogP contribution in [0, 0.1) is 0 Å². The summed E-state index contributed by atoms with van der Waals surface area (Å²) < 4.78 is 11.4. The van der Waals surface area contributed by atoms with Crippen LogP contribution in [-0.4, -0.2) is 43.0 Å². The van der Waals surface area contributed by atoms with Gasteiger partial charge in [0, 0.05) is 24.2 Å². The minimum Gasteiger partial charge on any atom is -0.490 e. The minimum atomic E-state index is 0.557. The molecule has 1 aromatic rings. The molecule has 0 radical (unpaired) electrons. The van der Waals surface area contributed by atoms with Crippen molar-refractivity contribution in [3.63, 3.8) is 0 Å². The Kier molecular flexibility index (Phi) is 6.90. The van der Waals surface area contributed by atoms with E-state index in [1.807, 2.05) is 13.0 Å². The van der Waals surface area contributed by atoms with E-state index in [-0.39, 0.29) is 0 Å². The maximum atomic E-state index is 10.9. The van der Waals surface area contributed by atoms with E-state index in [0.29, 0.717) is 36.6 Å². The first-order valence-corrected chi connectivity index (χ1v) is 8.76. The maximum Gasteiger partial charge on any atom is 0.161 e. The number of carbonyl (C=O) groups excluding carboxylic acids is 1. The first-order valence-electron chi connectivity index (χ1n) is 8.76. The molecule has 0 N–H and O–H groups in total. The molecule has 2 atom stereocenters. The Labute approximate surface area is 139 Å². The zero-order chi connectivity index (χ0) is 16.7. The van der Waals surface area contributed by atoms with Gasteiger partial charge in [-0.25, -0.2) is 0 Å². The standard InChI is InChI=1S/C19H29NO3/c1-4-22-19-13-17(14-21)9-10-18(19)23-12-6-11-20-15(2)7-5-8-16(20)3/h9-10,13-16H,4-8,11-12H2,1-3H3/t15-,16-/m0/s1. The Morgan fingerprint density at radius 3 is 2.57 bits per heavy atom. The van der Waals surface area contributed by atoms with Gasteiger partial charge in [0.05, 0.1) is 13.2 Å². The van der Waals surface area contributed by atoms with Crippen LogP contribution in [0.25, 0.3) is 0 Å². The number of aldehydes is 1. The summed E-state index contributed by atoms with van der Waals surface area (Å²) in [4.78, 5) is 13.5. The number of ether oxygens (including phenoxy) is 2. The van der Waals surface area contributed by atoms with E-state index in [4.69, 9.17) is 9.47 Å². The smallest absolute Gasteiger partial charge is 0.161 e. The van der Waals surface area contributed by atoms with Gasteiger partial charge < -0.3 is 9.47 Å². The maximum absolute atomic E-state index is 10.9. The number of benzene rings is 1.